The molecule has 19 heavy (non-hydrogen) atoms. The average Bonchev–Trinajstić information content (AvgIpc) is 2.39. The number of benzene rings is 1. The lowest BCUT2D eigenvalue weighted by Gasteiger charge is -2.12. The number of pyridine rings is 1. The van der Waals surface area contributed by atoms with E-state index in [1.807, 2.05) is 24.3 Å². The van der Waals surface area contributed by atoms with Gasteiger partial charge in [-0.1, -0.05) is 6.07 Å². The van der Waals surface area contributed by atoms with E-state index in [9.17, 15) is 5.11 Å². The maximum Gasteiger partial charge on any atom is 0.133 e. The molecule has 0 saturated carbocycles. The van der Waals surface area contributed by atoms with Crippen LogP contribution in [0, 0.1) is 0 Å². The molecule has 5 heteroatoms. The Morgan fingerprint density at radius 1 is 1.26 bits per heavy atom. The quantitative estimate of drug-likeness (QED) is 0.866. The van der Waals surface area contributed by atoms with Crippen LogP contribution in [0.3, 0.4) is 0 Å². The van der Waals surface area contributed by atoms with Crippen molar-refractivity contribution in [3.05, 3.63) is 56.7 Å². The molecule has 3 nitrogen and oxygen atoms in total. The van der Waals surface area contributed by atoms with Gasteiger partial charge in [-0.2, -0.15) is 0 Å². The fourth-order valence-electron chi connectivity index (χ4n) is 1.79. The molecule has 1 heterocycles. The molecule has 0 saturated heterocycles. The Balaban J connectivity index is 2.14. The second-order valence-electron chi connectivity index (χ2n) is 4.13. The molecule has 0 spiro atoms. The summed E-state index contributed by atoms with van der Waals surface area (Å²) >= 11 is 6.79. The van der Waals surface area contributed by atoms with Crippen LogP contribution in [0.25, 0.3) is 0 Å². The van der Waals surface area contributed by atoms with E-state index >= 15 is 0 Å². The summed E-state index contributed by atoms with van der Waals surface area (Å²) in [6, 6.07) is 7.65. The summed E-state index contributed by atoms with van der Waals surface area (Å²) < 4.78 is 6.92. The third-order valence-electron chi connectivity index (χ3n) is 2.76. The van der Waals surface area contributed by atoms with Gasteiger partial charge in [-0.05, 0) is 55.6 Å². The first kappa shape index (κ1) is 14.5. The molecule has 0 amide bonds. The molecule has 0 aliphatic carbocycles. The number of halogens is 2. The normalized spacial score (nSPS) is 12.2. The van der Waals surface area contributed by atoms with Gasteiger partial charge < -0.3 is 9.84 Å². The highest BCUT2D eigenvalue weighted by molar-refractivity contribution is 9.10. The predicted molar refractivity (Wildman–Crippen MR) is 81.3 cm³/mol. The van der Waals surface area contributed by atoms with Crippen molar-refractivity contribution >= 4 is 31.9 Å². The van der Waals surface area contributed by atoms with Gasteiger partial charge in [0.2, 0.25) is 0 Å². The Morgan fingerprint density at radius 3 is 2.68 bits per heavy atom. The van der Waals surface area contributed by atoms with Gasteiger partial charge >= 0.3 is 0 Å². The van der Waals surface area contributed by atoms with Crippen molar-refractivity contribution in [2.75, 3.05) is 7.11 Å². The van der Waals surface area contributed by atoms with Crippen LogP contribution in [0.2, 0.25) is 0 Å². The molecule has 2 rings (SSSR count). The van der Waals surface area contributed by atoms with E-state index in [1.54, 1.807) is 19.5 Å². The van der Waals surface area contributed by atoms with Crippen molar-refractivity contribution in [3.63, 3.8) is 0 Å². The number of hydrogen-bond donors (Lipinski definition) is 1. The van der Waals surface area contributed by atoms with Gasteiger partial charge in [-0.3, -0.25) is 4.98 Å². The summed E-state index contributed by atoms with van der Waals surface area (Å²) in [7, 11) is 1.63. The summed E-state index contributed by atoms with van der Waals surface area (Å²) in [5, 5.41) is 10.2. The Bertz CT molecular complexity index is 575. The number of hydrogen-bond acceptors (Lipinski definition) is 3. The molecule has 0 aliphatic heterocycles. The summed E-state index contributed by atoms with van der Waals surface area (Å²) in [4.78, 5) is 4.06. The minimum absolute atomic E-state index is 0.528. The maximum atomic E-state index is 10.2. The van der Waals surface area contributed by atoms with Crippen LogP contribution < -0.4 is 4.74 Å². The first-order valence-corrected chi connectivity index (χ1v) is 7.29. The molecule has 0 aliphatic rings. The molecule has 1 aromatic carbocycles. The maximum absolute atomic E-state index is 10.2. The highest BCUT2D eigenvalue weighted by Crippen LogP contribution is 2.28. The molecular formula is C14H13Br2NO2. The fraction of sp³-hybridized carbons (Fsp3) is 0.214. The first-order chi connectivity index (χ1) is 9.10. The van der Waals surface area contributed by atoms with Crippen LogP contribution in [-0.4, -0.2) is 17.2 Å². The largest absolute Gasteiger partial charge is 0.496 e. The average molecular weight is 387 g/mol. The number of aliphatic hydroxyl groups excluding tert-OH is 1. The number of aromatic nitrogens is 1. The summed E-state index contributed by atoms with van der Waals surface area (Å²) in [6.07, 6.45) is 3.32. The molecule has 1 atom stereocenters. The third kappa shape index (κ3) is 3.78. The van der Waals surface area contributed by atoms with Crippen molar-refractivity contribution in [1.29, 1.82) is 0 Å². The molecule has 0 fully saturated rings. The Kier molecular flexibility index (Phi) is 4.96. The molecule has 1 N–H and O–H groups in total. The number of methoxy groups -OCH3 is 1. The lowest BCUT2D eigenvalue weighted by Crippen LogP contribution is -2.02. The second kappa shape index (κ2) is 6.50. The SMILES string of the molecule is COc1ccc(CC(O)c2cncc(Br)c2)cc1Br. The molecule has 1 aromatic heterocycles. The van der Waals surface area contributed by atoms with Crippen LogP contribution in [0.15, 0.2) is 45.6 Å². The highest BCUT2D eigenvalue weighted by atomic mass is 79.9. The Hall–Kier alpha value is -0.910. The van der Waals surface area contributed by atoms with Crippen LogP contribution in [0.5, 0.6) is 5.75 Å². The minimum Gasteiger partial charge on any atom is -0.496 e. The second-order valence-corrected chi connectivity index (χ2v) is 5.90. The van der Waals surface area contributed by atoms with Crippen molar-refractivity contribution in [2.45, 2.75) is 12.5 Å². The summed E-state index contributed by atoms with van der Waals surface area (Å²) in [5.74, 6) is 0.780. The highest BCUT2D eigenvalue weighted by Gasteiger charge is 2.11. The zero-order valence-electron chi connectivity index (χ0n) is 10.3. The topological polar surface area (TPSA) is 42.4 Å². The van der Waals surface area contributed by atoms with E-state index in [1.165, 1.54) is 0 Å². The zero-order valence-corrected chi connectivity index (χ0v) is 13.5. The van der Waals surface area contributed by atoms with Gasteiger partial charge in [0.05, 0.1) is 17.7 Å². The number of nitrogens with zero attached hydrogens (tertiary/aromatic N) is 1. The summed E-state index contributed by atoms with van der Waals surface area (Å²) in [6.45, 7) is 0. The number of ether oxygens (including phenoxy) is 1. The van der Waals surface area contributed by atoms with E-state index in [0.29, 0.717) is 6.42 Å². The lowest BCUT2D eigenvalue weighted by atomic mass is 10.0. The van der Waals surface area contributed by atoms with Gasteiger partial charge in [0, 0.05) is 28.9 Å². The first-order valence-electron chi connectivity index (χ1n) is 5.71. The molecule has 0 radical (unpaired) electrons. The molecule has 0 bridgehead atoms. The minimum atomic E-state index is -0.578. The van der Waals surface area contributed by atoms with E-state index in [4.69, 9.17) is 4.74 Å². The van der Waals surface area contributed by atoms with E-state index in [2.05, 4.69) is 36.8 Å². The summed E-state index contributed by atoms with van der Waals surface area (Å²) in [5.41, 5.74) is 1.82. The molecule has 2 aromatic rings. The molecular weight excluding hydrogens is 374 g/mol. The van der Waals surface area contributed by atoms with Crippen molar-refractivity contribution in [3.8, 4) is 5.75 Å². The van der Waals surface area contributed by atoms with E-state index < -0.39 is 6.10 Å². The fourth-order valence-corrected chi connectivity index (χ4v) is 2.76. The van der Waals surface area contributed by atoms with Crippen molar-refractivity contribution < 1.29 is 9.84 Å². The Morgan fingerprint density at radius 2 is 2.05 bits per heavy atom. The van der Waals surface area contributed by atoms with Gasteiger partial charge in [0.15, 0.2) is 0 Å². The zero-order chi connectivity index (χ0) is 13.8. The van der Waals surface area contributed by atoms with Crippen LogP contribution in [0.1, 0.15) is 17.2 Å². The van der Waals surface area contributed by atoms with Crippen molar-refractivity contribution in [1.82, 2.24) is 4.98 Å². The van der Waals surface area contributed by atoms with Crippen molar-refractivity contribution in [2.24, 2.45) is 0 Å². The lowest BCUT2D eigenvalue weighted by molar-refractivity contribution is 0.178. The van der Waals surface area contributed by atoms with Gasteiger partial charge in [-0.15, -0.1) is 0 Å². The van der Waals surface area contributed by atoms with Gasteiger partial charge in [0.1, 0.15) is 5.75 Å². The number of aliphatic hydroxyl groups is 1. The third-order valence-corrected chi connectivity index (χ3v) is 3.81. The van der Waals surface area contributed by atoms with E-state index in [-0.39, 0.29) is 0 Å². The van der Waals surface area contributed by atoms with Crippen LogP contribution in [-0.2, 0) is 6.42 Å². The standard InChI is InChI=1S/C14H13Br2NO2/c1-19-14-3-2-9(4-12(14)16)5-13(18)10-6-11(15)8-17-7-10/h2-4,6-8,13,18H,5H2,1H3. The monoisotopic (exact) mass is 385 g/mol. The van der Waals surface area contributed by atoms with E-state index in [0.717, 1.165) is 25.8 Å². The molecule has 1 unspecified atom stereocenters. The molecule has 100 valence electrons. The van der Waals surface area contributed by atoms with Crippen LogP contribution in [0.4, 0.5) is 0 Å². The Labute approximate surface area is 128 Å². The van der Waals surface area contributed by atoms with Crippen LogP contribution >= 0.6 is 31.9 Å². The smallest absolute Gasteiger partial charge is 0.133 e. The predicted octanol–water partition coefficient (Wildman–Crippen LogP) is 3.89. The van der Waals surface area contributed by atoms with Gasteiger partial charge in [0.25, 0.3) is 0 Å². The number of rotatable bonds is 4. The van der Waals surface area contributed by atoms with Gasteiger partial charge in [-0.25, -0.2) is 0 Å².